The summed E-state index contributed by atoms with van der Waals surface area (Å²) in [6.07, 6.45) is 0. The Bertz CT molecular complexity index is 328. The minimum Gasteiger partial charge on any atom is -0.355 e. The number of rotatable bonds is 3. The molecule has 0 radical (unpaired) electrons. The standard InChI is InChI=1S/C10H13NO2S/c1-3-14(13)9-7-5-4-6-8(9)10(12)11-2/h4-7H,3H2,1-2H3,(H,11,12). The van der Waals surface area contributed by atoms with E-state index in [9.17, 15) is 9.00 Å². The van der Waals surface area contributed by atoms with Gasteiger partial charge < -0.3 is 5.32 Å². The Morgan fingerprint density at radius 1 is 1.43 bits per heavy atom. The van der Waals surface area contributed by atoms with Crippen molar-refractivity contribution in [1.82, 2.24) is 5.32 Å². The highest BCUT2D eigenvalue weighted by Crippen LogP contribution is 2.13. The predicted octanol–water partition coefficient (Wildman–Crippen LogP) is 1.17. The molecule has 1 rings (SSSR count). The first-order chi connectivity index (χ1) is 6.70. The van der Waals surface area contributed by atoms with Crippen molar-refractivity contribution < 1.29 is 9.00 Å². The minimum absolute atomic E-state index is 0.192. The molecule has 0 aliphatic carbocycles. The molecule has 0 aliphatic rings. The van der Waals surface area contributed by atoms with Gasteiger partial charge in [-0.25, -0.2) is 0 Å². The molecule has 0 aromatic heterocycles. The summed E-state index contributed by atoms with van der Waals surface area (Å²) in [6, 6.07) is 6.96. The zero-order chi connectivity index (χ0) is 10.6. The first-order valence-electron chi connectivity index (χ1n) is 4.40. The van der Waals surface area contributed by atoms with E-state index >= 15 is 0 Å². The lowest BCUT2D eigenvalue weighted by molar-refractivity contribution is 0.0960. The molecule has 1 unspecified atom stereocenters. The summed E-state index contributed by atoms with van der Waals surface area (Å²) in [5, 5.41) is 2.53. The molecule has 0 saturated carbocycles. The highest BCUT2D eigenvalue weighted by molar-refractivity contribution is 7.85. The maximum atomic E-state index is 11.6. The summed E-state index contributed by atoms with van der Waals surface area (Å²) in [5.74, 6) is 0.330. The lowest BCUT2D eigenvalue weighted by atomic mass is 10.2. The minimum atomic E-state index is -1.08. The third-order valence-corrected chi connectivity index (χ3v) is 3.24. The molecule has 0 aliphatic heterocycles. The maximum absolute atomic E-state index is 11.6. The zero-order valence-electron chi connectivity index (χ0n) is 8.24. The van der Waals surface area contributed by atoms with Crippen LogP contribution >= 0.6 is 0 Å². The van der Waals surface area contributed by atoms with Gasteiger partial charge in [0.15, 0.2) is 0 Å². The summed E-state index contributed by atoms with van der Waals surface area (Å²) in [6.45, 7) is 1.83. The largest absolute Gasteiger partial charge is 0.355 e. The van der Waals surface area contributed by atoms with Crippen molar-refractivity contribution in [3.63, 3.8) is 0 Å². The summed E-state index contributed by atoms with van der Waals surface area (Å²) >= 11 is 0. The second kappa shape index (κ2) is 4.91. The lowest BCUT2D eigenvalue weighted by Gasteiger charge is -2.05. The van der Waals surface area contributed by atoms with E-state index in [4.69, 9.17) is 0 Å². The third-order valence-electron chi connectivity index (χ3n) is 1.87. The van der Waals surface area contributed by atoms with Crippen LogP contribution in [0.25, 0.3) is 0 Å². The van der Waals surface area contributed by atoms with Crippen LogP contribution in [-0.2, 0) is 10.8 Å². The Labute approximate surface area is 86.0 Å². The van der Waals surface area contributed by atoms with Gasteiger partial charge in [-0.2, -0.15) is 0 Å². The number of hydrogen-bond donors (Lipinski definition) is 1. The van der Waals surface area contributed by atoms with Crippen LogP contribution in [0.5, 0.6) is 0 Å². The Morgan fingerprint density at radius 2 is 2.07 bits per heavy atom. The van der Waals surface area contributed by atoms with Crippen LogP contribution in [0.2, 0.25) is 0 Å². The van der Waals surface area contributed by atoms with Crippen molar-refractivity contribution in [3.8, 4) is 0 Å². The number of carbonyl (C=O) groups excluding carboxylic acids is 1. The van der Waals surface area contributed by atoms with Crippen molar-refractivity contribution in [2.24, 2.45) is 0 Å². The average molecular weight is 211 g/mol. The first kappa shape index (κ1) is 10.9. The quantitative estimate of drug-likeness (QED) is 0.816. The van der Waals surface area contributed by atoms with E-state index in [0.29, 0.717) is 16.2 Å². The van der Waals surface area contributed by atoms with Gasteiger partial charge in [-0.3, -0.25) is 9.00 Å². The van der Waals surface area contributed by atoms with E-state index in [0.717, 1.165) is 0 Å². The van der Waals surface area contributed by atoms with Gasteiger partial charge in [0.25, 0.3) is 5.91 Å². The van der Waals surface area contributed by atoms with Crippen molar-refractivity contribution in [3.05, 3.63) is 29.8 Å². The van der Waals surface area contributed by atoms with Gasteiger partial charge in [0, 0.05) is 12.8 Å². The van der Waals surface area contributed by atoms with E-state index in [1.807, 2.05) is 6.92 Å². The van der Waals surface area contributed by atoms with Crippen LogP contribution in [-0.4, -0.2) is 22.9 Å². The van der Waals surface area contributed by atoms with Crippen molar-refractivity contribution in [1.29, 1.82) is 0 Å². The summed E-state index contributed by atoms with van der Waals surface area (Å²) < 4.78 is 11.6. The Hall–Kier alpha value is -1.16. The normalized spacial score (nSPS) is 12.1. The van der Waals surface area contributed by atoms with Crippen LogP contribution in [0.15, 0.2) is 29.2 Å². The van der Waals surface area contributed by atoms with E-state index in [2.05, 4.69) is 5.32 Å². The molecule has 1 atom stereocenters. The monoisotopic (exact) mass is 211 g/mol. The number of carbonyl (C=O) groups is 1. The molecule has 1 N–H and O–H groups in total. The molecule has 14 heavy (non-hydrogen) atoms. The molecule has 3 nitrogen and oxygen atoms in total. The summed E-state index contributed by atoms with van der Waals surface area (Å²) in [7, 11) is 0.479. The van der Waals surface area contributed by atoms with Crippen LogP contribution in [0.3, 0.4) is 0 Å². The van der Waals surface area contributed by atoms with E-state index in [1.54, 1.807) is 31.3 Å². The molecule has 1 aromatic rings. The topological polar surface area (TPSA) is 46.2 Å². The molecule has 0 heterocycles. The molecule has 1 aromatic carbocycles. The fraction of sp³-hybridized carbons (Fsp3) is 0.300. The highest BCUT2D eigenvalue weighted by Gasteiger charge is 2.12. The predicted molar refractivity (Wildman–Crippen MR) is 56.8 cm³/mol. The van der Waals surface area contributed by atoms with E-state index < -0.39 is 10.8 Å². The Morgan fingerprint density at radius 3 is 2.64 bits per heavy atom. The van der Waals surface area contributed by atoms with Crippen molar-refractivity contribution in [2.75, 3.05) is 12.8 Å². The summed E-state index contributed by atoms with van der Waals surface area (Å²) in [4.78, 5) is 12.0. The Balaban J connectivity index is 3.15. The number of nitrogens with one attached hydrogen (secondary N) is 1. The van der Waals surface area contributed by atoms with Gasteiger partial charge in [-0.15, -0.1) is 0 Å². The van der Waals surface area contributed by atoms with E-state index in [1.165, 1.54) is 0 Å². The zero-order valence-corrected chi connectivity index (χ0v) is 9.06. The average Bonchev–Trinajstić information content (AvgIpc) is 2.27. The van der Waals surface area contributed by atoms with Crippen molar-refractivity contribution in [2.45, 2.75) is 11.8 Å². The molecule has 0 saturated heterocycles. The van der Waals surface area contributed by atoms with Crippen LogP contribution in [0.1, 0.15) is 17.3 Å². The number of amides is 1. The van der Waals surface area contributed by atoms with Gasteiger partial charge in [-0.05, 0) is 12.1 Å². The van der Waals surface area contributed by atoms with Gasteiger partial charge in [-0.1, -0.05) is 19.1 Å². The summed E-state index contributed by atoms with van der Waals surface area (Å²) in [5.41, 5.74) is 0.496. The second-order valence-corrected chi connectivity index (χ2v) is 4.42. The third kappa shape index (κ3) is 2.20. The second-order valence-electron chi connectivity index (χ2n) is 2.71. The molecular formula is C10H13NO2S. The number of benzene rings is 1. The molecule has 1 amide bonds. The van der Waals surface area contributed by atoms with Gasteiger partial charge in [0.2, 0.25) is 0 Å². The van der Waals surface area contributed by atoms with Gasteiger partial charge in [0.05, 0.1) is 21.3 Å². The highest BCUT2D eigenvalue weighted by atomic mass is 32.2. The fourth-order valence-electron chi connectivity index (χ4n) is 1.14. The smallest absolute Gasteiger partial charge is 0.252 e. The maximum Gasteiger partial charge on any atom is 0.252 e. The van der Waals surface area contributed by atoms with Crippen molar-refractivity contribution >= 4 is 16.7 Å². The van der Waals surface area contributed by atoms with Crippen LogP contribution in [0, 0.1) is 0 Å². The fourth-order valence-corrected chi connectivity index (χ4v) is 2.09. The first-order valence-corrected chi connectivity index (χ1v) is 5.72. The SMILES string of the molecule is CCS(=O)c1ccccc1C(=O)NC. The van der Waals surface area contributed by atoms with Crippen LogP contribution in [0.4, 0.5) is 0 Å². The molecule has 4 heteroatoms. The lowest BCUT2D eigenvalue weighted by Crippen LogP contribution is -2.20. The van der Waals surface area contributed by atoms with Gasteiger partial charge >= 0.3 is 0 Å². The number of hydrogen-bond acceptors (Lipinski definition) is 2. The molecular weight excluding hydrogens is 198 g/mol. The van der Waals surface area contributed by atoms with Crippen LogP contribution < -0.4 is 5.32 Å². The molecule has 0 spiro atoms. The Kier molecular flexibility index (Phi) is 3.83. The van der Waals surface area contributed by atoms with E-state index in [-0.39, 0.29) is 5.91 Å². The molecule has 76 valence electrons. The molecule has 0 bridgehead atoms. The molecule has 0 fully saturated rings. The van der Waals surface area contributed by atoms with Gasteiger partial charge in [0.1, 0.15) is 0 Å².